The van der Waals surface area contributed by atoms with E-state index in [4.69, 9.17) is 5.73 Å². The number of anilines is 1. The lowest BCUT2D eigenvalue weighted by molar-refractivity contribution is 0.597. The van der Waals surface area contributed by atoms with Gasteiger partial charge in [-0.15, -0.1) is 0 Å². The lowest BCUT2D eigenvalue weighted by Crippen LogP contribution is -2.02. The summed E-state index contributed by atoms with van der Waals surface area (Å²) in [6, 6.07) is 11.8. The first-order chi connectivity index (χ1) is 9.48. The number of aromatic nitrogens is 1. The van der Waals surface area contributed by atoms with E-state index in [0.717, 1.165) is 9.99 Å². The molecule has 0 aliphatic heterocycles. The molecule has 0 saturated carbocycles. The smallest absolute Gasteiger partial charge is 0.208 e. The Balaban J connectivity index is 2.26. The number of nitrogens with one attached hydrogen (secondary N) is 1. The summed E-state index contributed by atoms with van der Waals surface area (Å²) in [5, 5.41) is 0.654. The number of sulfone groups is 1. The predicted molar refractivity (Wildman–Crippen MR) is 82.3 cm³/mol. The van der Waals surface area contributed by atoms with Crippen LogP contribution >= 0.6 is 15.9 Å². The Morgan fingerprint density at radius 3 is 2.65 bits per heavy atom. The van der Waals surface area contributed by atoms with Gasteiger partial charge in [-0.2, -0.15) is 0 Å². The Morgan fingerprint density at radius 1 is 1.10 bits per heavy atom. The first-order valence-electron chi connectivity index (χ1n) is 5.86. The molecule has 0 amide bonds. The second-order valence-electron chi connectivity index (χ2n) is 4.42. The Labute approximate surface area is 124 Å². The van der Waals surface area contributed by atoms with Crippen molar-refractivity contribution in [2.45, 2.75) is 9.79 Å². The van der Waals surface area contributed by atoms with Crippen molar-refractivity contribution in [1.82, 2.24) is 4.98 Å². The van der Waals surface area contributed by atoms with E-state index >= 15 is 0 Å². The van der Waals surface area contributed by atoms with Gasteiger partial charge in [0.05, 0.1) is 9.79 Å². The molecule has 1 aromatic heterocycles. The van der Waals surface area contributed by atoms with Crippen molar-refractivity contribution >= 4 is 42.4 Å². The van der Waals surface area contributed by atoms with Gasteiger partial charge in [-0.1, -0.05) is 22.0 Å². The van der Waals surface area contributed by atoms with Crippen LogP contribution < -0.4 is 5.73 Å². The number of H-pyrrole nitrogens is 1. The summed E-state index contributed by atoms with van der Waals surface area (Å²) < 4.78 is 26.2. The van der Waals surface area contributed by atoms with E-state index in [2.05, 4.69) is 20.9 Å². The Kier molecular flexibility index (Phi) is 3.07. The molecule has 0 aliphatic rings. The third-order valence-electron chi connectivity index (χ3n) is 3.06. The highest BCUT2D eigenvalue weighted by atomic mass is 79.9. The fourth-order valence-corrected chi connectivity index (χ4v) is 3.93. The predicted octanol–water partition coefficient (Wildman–Crippen LogP) is 3.35. The van der Waals surface area contributed by atoms with Crippen LogP contribution in [0.4, 0.5) is 5.69 Å². The molecule has 6 heteroatoms. The number of aromatic amines is 1. The number of benzene rings is 2. The summed E-state index contributed by atoms with van der Waals surface area (Å²) >= 11 is 3.36. The van der Waals surface area contributed by atoms with E-state index in [1.165, 1.54) is 12.3 Å². The number of hydrogen-bond donors (Lipinski definition) is 2. The molecule has 4 nitrogen and oxygen atoms in total. The molecule has 1 heterocycles. The zero-order valence-electron chi connectivity index (χ0n) is 10.3. The van der Waals surface area contributed by atoms with E-state index in [1.54, 1.807) is 24.3 Å². The highest BCUT2D eigenvalue weighted by Crippen LogP contribution is 2.30. The molecule has 0 atom stereocenters. The van der Waals surface area contributed by atoms with Crippen molar-refractivity contribution in [3.63, 3.8) is 0 Å². The second-order valence-corrected chi connectivity index (χ2v) is 7.25. The normalized spacial score (nSPS) is 11.8. The standard InChI is InChI=1S/C14H11BrN2O2S/c15-9-4-5-13-12(6-9)14(8-17-13)20(18,19)11-3-1-2-10(16)7-11/h1-8,17H,16H2. The van der Waals surface area contributed by atoms with Crippen LogP contribution in [0.15, 0.2) is 62.9 Å². The molecule has 0 fully saturated rings. The SMILES string of the molecule is Nc1cccc(S(=O)(=O)c2c[nH]c3ccc(Br)cc23)c1. The molecule has 0 bridgehead atoms. The van der Waals surface area contributed by atoms with Gasteiger partial charge in [-0.25, -0.2) is 8.42 Å². The van der Waals surface area contributed by atoms with Crippen LogP contribution in [0.3, 0.4) is 0 Å². The molecule has 0 unspecified atom stereocenters. The van der Waals surface area contributed by atoms with Crippen LogP contribution in [-0.4, -0.2) is 13.4 Å². The van der Waals surface area contributed by atoms with Crippen LogP contribution in [0, 0.1) is 0 Å². The lowest BCUT2D eigenvalue weighted by atomic mass is 10.2. The number of nitrogens with two attached hydrogens (primary N) is 1. The zero-order chi connectivity index (χ0) is 14.3. The molecule has 3 aromatic rings. The van der Waals surface area contributed by atoms with Crippen molar-refractivity contribution in [2.75, 3.05) is 5.73 Å². The number of halogens is 1. The maximum absolute atomic E-state index is 12.7. The Hall–Kier alpha value is -1.79. The molecular formula is C14H11BrN2O2S. The largest absolute Gasteiger partial charge is 0.399 e. The van der Waals surface area contributed by atoms with Gasteiger partial charge in [0.1, 0.15) is 0 Å². The van der Waals surface area contributed by atoms with Crippen LogP contribution in [0.5, 0.6) is 0 Å². The number of nitrogen functional groups attached to an aromatic ring is 1. The maximum Gasteiger partial charge on any atom is 0.208 e. The van der Waals surface area contributed by atoms with Gasteiger partial charge in [0, 0.05) is 27.3 Å². The average Bonchev–Trinajstić information content (AvgIpc) is 2.82. The first-order valence-corrected chi connectivity index (χ1v) is 8.13. The molecule has 2 aromatic carbocycles. The van der Waals surface area contributed by atoms with Crippen molar-refractivity contribution in [3.8, 4) is 0 Å². The van der Waals surface area contributed by atoms with Gasteiger partial charge in [-0.05, 0) is 36.4 Å². The summed E-state index contributed by atoms with van der Waals surface area (Å²) in [5.74, 6) is 0. The van der Waals surface area contributed by atoms with Gasteiger partial charge < -0.3 is 10.7 Å². The minimum absolute atomic E-state index is 0.193. The van der Waals surface area contributed by atoms with Crippen LogP contribution in [0.2, 0.25) is 0 Å². The van der Waals surface area contributed by atoms with Gasteiger partial charge in [0.25, 0.3) is 0 Å². The van der Waals surface area contributed by atoms with E-state index in [-0.39, 0.29) is 9.79 Å². The van der Waals surface area contributed by atoms with Crippen LogP contribution in [-0.2, 0) is 9.84 Å². The van der Waals surface area contributed by atoms with E-state index in [0.29, 0.717) is 11.1 Å². The Bertz CT molecular complexity index is 900. The number of hydrogen-bond acceptors (Lipinski definition) is 3. The molecule has 0 spiro atoms. The minimum atomic E-state index is -3.59. The third-order valence-corrected chi connectivity index (χ3v) is 5.35. The molecule has 0 aliphatic carbocycles. The minimum Gasteiger partial charge on any atom is -0.399 e. The van der Waals surface area contributed by atoms with Crippen molar-refractivity contribution < 1.29 is 8.42 Å². The molecule has 3 rings (SSSR count). The van der Waals surface area contributed by atoms with Crippen molar-refractivity contribution in [3.05, 3.63) is 53.1 Å². The third kappa shape index (κ3) is 2.10. The first kappa shape index (κ1) is 13.2. The molecule has 0 radical (unpaired) electrons. The maximum atomic E-state index is 12.7. The molecule has 3 N–H and O–H groups in total. The van der Waals surface area contributed by atoms with Gasteiger partial charge in [0.2, 0.25) is 9.84 Å². The molecular weight excluding hydrogens is 340 g/mol. The average molecular weight is 351 g/mol. The van der Waals surface area contributed by atoms with E-state index in [1.807, 2.05) is 12.1 Å². The topological polar surface area (TPSA) is 76.0 Å². The van der Waals surface area contributed by atoms with Gasteiger partial charge in [-0.3, -0.25) is 0 Å². The van der Waals surface area contributed by atoms with Crippen LogP contribution in [0.1, 0.15) is 0 Å². The molecule has 102 valence electrons. The molecule has 20 heavy (non-hydrogen) atoms. The van der Waals surface area contributed by atoms with E-state index < -0.39 is 9.84 Å². The van der Waals surface area contributed by atoms with Gasteiger partial charge in [0.15, 0.2) is 0 Å². The lowest BCUT2D eigenvalue weighted by Gasteiger charge is -2.04. The summed E-state index contributed by atoms with van der Waals surface area (Å²) in [6.07, 6.45) is 1.51. The highest BCUT2D eigenvalue weighted by molar-refractivity contribution is 9.10. The summed E-state index contributed by atoms with van der Waals surface area (Å²) in [6.45, 7) is 0. The van der Waals surface area contributed by atoms with Gasteiger partial charge >= 0.3 is 0 Å². The summed E-state index contributed by atoms with van der Waals surface area (Å²) in [4.78, 5) is 3.42. The fourth-order valence-electron chi connectivity index (χ4n) is 2.10. The summed E-state index contributed by atoms with van der Waals surface area (Å²) in [5.41, 5.74) is 6.86. The number of rotatable bonds is 2. The van der Waals surface area contributed by atoms with Crippen LogP contribution in [0.25, 0.3) is 10.9 Å². The second kappa shape index (κ2) is 4.64. The fraction of sp³-hybridized carbons (Fsp3) is 0. The van der Waals surface area contributed by atoms with E-state index in [9.17, 15) is 8.42 Å². The van der Waals surface area contributed by atoms with Crippen molar-refractivity contribution in [2.24, 2.45) is 0 Å². The monoisotopic (exact) mass is 350 g/mol. The molecule has 0 saturated heterocycles. The Morgan fingerprint density at radius 2 is 1.90 bits per heavy atom. The quantitative estimate of drug-likeness (QED) is 0.695. The highest BCUT2D eigenvalue weighted by Gasteiger charge is 2.21. The zero-order valence-corrected chi connectivity index (χ0v) is 12.7. The number of fused-ring (bicyclic) bond motifs is 1. The summed E-state index contributed by atoms with van der Waals surface area (Å²) in [7, 11) is -3.59. The van der Waals surface area contributed by atoms with Crippen molar-refractivity contribution in [1.29, 1.82) is 0 Å².